The molecule has 0 saturated carbocycles. The summed E-state index contributed by atoms with van der Waals surface area (Å²) in [6.45, 7) is 1.80. The number of carboxylic acid groups (broad SMARTS) is 1. The molecule has 1 aromatic rings. The van der Waals surface area contributed by atoms with Gasteiger partial charge in [0.05, 0.1) is 12.5 Å². The van der Waals surface area contributed by atoms with Gasteiger partial charge in [0.2, 0.25) is 5.91 Å². The summed E-state index contributed by atoms with van der Waals surface area (Å²) >= 11 is 1.08. The highest BCUT2D eigenvalue weighted by molar-refractivity contribution is 7.12. The molecule has 1 aromatic heterocycles. The number of ether oxygens (including phenoxy) is 1. The topological polar surface area (TPSA) is 89.6 Å². The first-order valence-electron chi connectivity index (χ1n) is 4.24. The molecule has 1 rings (SSSR count). The maximum absolute atomic E-state index is 10.7. The number of primary amides is 1. The average Bonchev–Trinajstić information content (AvgIpc) is 2.62. The van der Waals surface area contributed by atoms with Gasteiger partial charge in [-0.05, 0) is 0 Å². The van der Waals surface area contributed by atoms with Gasteiger partial charge < -0.3 is 15.6 Å². The number of hydrogen-bond donors (Lipinski definition) is 2. The number of carboxylic acids is 1. The van der Waals surface area contributed by atoms with Crippen LogP contribution in [0.1, 0.15) is 16.6 Å². The zero-order valence-electron chi connectivity index (χ0n) is 8.10. The molecule has 1 heterocycles. The van der Waals surface area contributed by atoms with Crippen molar-refractivity contribution in [1.29, 1.82) is 0 Å². The van der Waals surface area contributed by atoms with E-state index < -0.39 is 17.8 Å². The molecule has 5 nitrogen and oxygen atoms in total. The van der Waals surface area contributed by atoms with Crippen molar-refractivity contribution >= 4 is 23.2 Å². The van der Waals surface area contributed by atoms with E-state index in [1.54, 1.807) is 12.3 Å². The number of aromatic carboxylic acids is 1. The summed E-state index contributed by atoms with van der Waals surface area (Å²) in [5.41, 5.74) is 5.04. The molecule has 0 aromatic carbocycles. The third kappa shape index (κ3) is 3.25. The molecule has 15 heavy (non-hydrogen) atoms. The molecule has 3 N–H and O–H groups in total. The molecule has 0 bridgehead atoms. The van der Waals surface area contributed by atoms with Gasteiger partial charge in [0.1, 0.15) is 10.6 Å². The summed E-state index contributed by atoms with van der Waals surface area (Å²) < 4.78 is 5.21. The van der Waals surface area contributed by atoms with Crippen molar-refractivity contribution < 1.29 is 19.4 Å². The van der Waals surface area contributed by atoms with Gasteiger partial charge in [-0.3, -0.25) is 4.79 Å². The fraction of sp³-hybridized carbons (Fsp3) is 0.333. The average molecular weight is 229 g/mol. The second-order valence-corrected chi connectivity index (χ2v) is 3.98. The van der Waals surface area contributed by atoms with Crippen LogP contribution in [0.4, 0.5) is 0 Å². The van der Waals surface area contributed by atoms with Crippen molar-refractivity contribution in [3.8, 4) is 5.75 Å². The molecule has 82 valence electrons. The Kier molecular flexibility index (Phi) is 3.68. The summed E-state index contributed by atoms with van der Waals surface area (Å²) in [6, 6.07) is 1.42. The third-order valence-corrected chi connectivity index (χ3v) is 2.67. The molecule has 0 spiro atoms. The minimum atomic E-state index is -0.988. The van der Waals surface area contributed by atoms with Gasteiger partial charge in [-0.25, -0.2) is 4.79 Å². The van der Waals surface area contributed by atoms with E-state index >= 15 is 0 Å². The van der Waals surface area contributed by atoms with Gasteiger partial charge in [-0.15, -0.1) is 11.3 Å². The van der Waals surface area contributed by atoms with Crippen molar-refractivity contribution in [2.24, 2.45) is 11.7 Å². The second-order valence-electron chi connectivity index (χ2n) is 3.07. The van der Waals surface area contributed by atoms with E-state index in [1.165, 1.54) is 6.07 Å². The van der Waals surface area contributed by atoms with Crippen LogP contribution in [0.15, 0.2) is 11.4 Å². The summed E-state index contributed by atoms with van der Waals surface area (Å²) in [4.78, 5) is 21.4. The lowest BCUT2D eigenvalue weighted by Gasteiger charge is -2.07. The number of nitrogens with two attached hydrogens (primary N) is 1. The summed E-state index contributed by atoms with van der Waals surface area (Å²) in [7, 11) is 0. The molecule has 0 aliphatic carbocycles. The molecule has 1 unspecified atom stereocenters. The molecule has 0 fully saturated rings. The first-order chi connectivity index (χ1) is 7.00. The first kappa shape index (κ1) is 11.5. The molecule has 0 aliphatic rings. The normalized spacial score (nSPS) is 12.1. The summed E-state index contributed by atoms with van der Waals surface area (Å²) in [5.74, 6) is -1.37. The Morgan fingerprint density at radius 1 is 1.67 bits per heavy atom. The maximum atomic E-state index is 10.7. The molecule has 0 saturated heterocycles. The van der Waals surface area contributed by atoms with Gasteiger partial charge in [0, 0.05) is 11.4 Å². The van der Waals surface area contributed by atoms with Gasteiger partial charge >= 0.3 is 5.97 Å². The quantitative estimate of drug-likeness (QED) is 0.786. The van der Waals surface area contributed by atoms with Crippen LogP contribution in [0.25, 0.3) is 0 Å². The number of rotatable bonds is 5. The van der Waals surface area contributed by atoms with Crippen LogP contribution in [-0.4, -0.2) is 23.6 Å². The number of thiophene rings is 1. The van der Waals surface area contributed by atoms with E-state index in [-0.39, 0.29) is 11.5 Å². The standard InChI is InChI=1S/C9H11NO4S/c1-5(8(10)11)3-14-6-2-7(9(12)13)15-4-6/h2,4-5H,3H2,1H3,(H2,10,11)(H,12,13). The maximum Gasteiger partial charge on any atom is 0.346 e. The van der Waals surface area contributed by atoms with Crippen LogP contribution in [0.2, 0.25) is 0 Å². The summed E-state index contributed by atoms with van der Waals surface area (Å²) in [5, 5.41) is 10.2. The smallest absolute Gasteiger partial charge is 0.346 e. The van der Waals surface area contributed by atoms with Gasteiger partial charge in [-0.2, -0.15) is 0 Å². The lowest BCUT2D eigenvalue weighted by molar-refractivity contribution is -0.122. The Morgan fingerprint density at radius 2 is 2.33 bits per heavy atom. The fourth-order valence-electron chi connectivity index (χ4n) is 0.810. The largest absolute Gasteiger partial charge is 0.492 e. The molecule has 1 amide bonds. The van der Waals surface area contributed by atoms with E-state index in [2.05, 4.69) is 0 Å². The monoisotopic (exact) mass is 229 g/mol. The van der Waals surface area contributed by atoms with Crippen LogP contribution in [0.3, 0.4) is 0 Å². The molecular weight excluding hydrogens is 218 g/mol. The number of hydrogen-bond acceptors (Lipinski definition) is 4. The highest BCUT2D eigenvalue weighted by Gasteiger charge is 2.11. The molecular formula is C9H11NO4S. The Hall–Kier alpha value is -1.56. The zero-order chi connectivity index (χ0) is 11.4. The molecule has 1 atom stereocenters. The predicted octanol–water partition coefficient (Wildman–Crippen LogP) is 0.947. The highest BCUT2D eigenvalue weighted by Crippen LogP contribution is 2.21. The van der Waals surface area contributed by atoms with E-state index in [9.17, 15) is 9.59 Å². The third-order valence-electron chi connectivity index (χ3n) is 1.77. The SMILES string of the molecule is CC(COc1csc(C(=O)O)c1)C(N)=O. The van der Waals surface area contributed by atoms with Crippen molar-refractivity contribution in [2.45, 2.75) is 6.92 Å². The first-order valence-corrected chi connectivity index (χ1v) is 5.12. The molecule has 0 radical (unpaired) electrons. The lowest BCUT2D eigenvalue weighted by atomic mass is 10.2. The number of amides is 1. The van der Waals surface area contributed by atoms with E-state index in [1.807, 2.05) is 0 Å². The summed E-state index contributed by atoms with van der Waals surface area (Å²) in [6.07, 6.45) is 0. The Bertz CT molecular complexity index is 374. The highest BCUT2D eigenvalue weighted by atomic mass is 32.1. The Balaban J connectivity index is 2.51. The van der Waals surface area contributed by atoms with Crippen LogP contribution >= 0.6 is 11.3 Å². The van der Waals surface area contributed by atoms with Crippen molar-refractivity contribution in [3.05, 3.63) is 16.3 Å². The minimum Gasteiger partial charge on any atom is -0.492 e. The van der Waals surface area contributed by atoms with Crippen molar-refractivity contribution in [1.82, 2.24) is 0 Å². The Morgan fingerprint density at radius 3 is 2.80 bits per heavy atom. The zero-order valence-corrected chi connectivity index (χ0v) is 8.91. The number of carbonyl (C=O) groups excluding carboxylic acids is 1. The molecule has 0 aliphatic heterocycles. The lowest BCUT2D eigenvalue weighted by Crippen LogP contribution is -2.25. The molecule has 6 heteroatoms. The minimum absolute atomic E-state index is 0.158. The Labute approximate surface area is 90.5 Å². The van der Waals surface area contributed by atoms with Gasteiger partial charge in [-0.1, -0.05) is 6.92 Å². The predicted molar refractivity (Wildman–Crippen MR) is 55.1 cm³/mol. The number of carbonyl (C=O) groups is 2. The second kappa shape index (κ2) is 4.79. The van der Waals surface area contributed by atoms with Gasteiger partial charge in [0.15, 0.2) is 0 Å². The van der Waals surface area contributed by atoms with E-state index in [0.29, 0.717) is 5.75 Å². The van der Waals surface area contributed by atoms with E-state index in [4.69, 9.17) is 15.6 Å². The van der Waals surface area contributed by atoms with Crippen molar-refractivity contribution in [3.63, 3.8) is 0 Å². The fourth-order valence-corrected chi connectivity index (χ4v) is 1.47. The van der Waals surface area contributed by atoms with Crippen LogP contribution in [-0.2, 0) is 4.79 Å². The van der Waals surface area contributed by atoms with Gasteiger partial charge in [0.25, 0.3) is 0 Å². The van der Waals surface area contributed by atoms with Crippen LogP contribution in [0, 0.1) is 5.92 Å². The van der Waals surface area contributed by atoms with Crippen molar-refractivity contribution in [2.75, 3.05) is 6.61 Å². The van der Waals surface area contributed by atoms with Crippen LogP contribution < -0.4 is 10.5 Å². The van der Waals surface area contributed by atoms with Crippen LogP contribution in [0.5, 0.6) is 5.75 Å². The van der Waals surface area contributed by atoms with E-state index in [0.717, 1.165) is 11.3 Å².